The van der Waals surface area contributed by atoms with E-state index in [0.717, 1.165) is 5.56 Å². The molecule has 0 radical (unpaired) electrons. The summed E-state index contributed by atoms with van der Waals surface area (Å²) in [5, 5.41) is 4.63. The number of carbonyl (C=O) groups is 3. The number of ether oxygens (including phenoxy) is 2. The SMILES string of the molecule is COc1ccc(C=CC(=O)OCC(=O)NC(=O)NC(C)(C)C)cc1. The van der Waals surface area contributed by atoms with Crippen LogP contribution in [0.5, 0.6) is 5.75 Å². The lowest BCUT2D eigenvalue weighted by molar-refractivity contribution is -0.143. The van der Waals surface area contributed by atoms with Crippen LogP contribution in [0, 0.1) is 0 Å². The lowest BCUT2D eigenvalue weighted by Crippen LogP contribution is -2.49. The molecule has 7 heteroatoms. The monoisotopic (exact) mass is 334 g/mol. The summed E-state index contributed by atoms with van der Waals surface area (Å²) in [4.78, 5) is 34.5. The van der Waals surface area contributed by atoms with Gasteiger partial charge in [-0.1, -0.05) is 12.1 Å². The minimum atomic E-state index is -0.706. The number of rotatable bonds is 5. The van der Waals surface area contributed by atoms with Gasteiger partial charge in [-0.2, -0.15) is 0 Å². The van der Waals surface area contributed by atoms with Crippen LogP contribution in [-0.2, 0) is 14.3 Å². The maximum absolute atomic E-state index is 11.5. The van der Waals surface area contributed by atoms with Gasteiger partial charge >= 0.3 is 12.0 Å². The van der Waals surface area contributed by atoms with Gasteiger partial charge in [0.1, 0.15) is 5.75 Å². The summed E-state index contributed by atoms with van der Waals surface area (Å²) in [7, 11) is 1.56. The molecule has 0 saturated carbocycles. The van der Waals surface area contributed by atoms with Crippen LogP contribution < -0.4 is 15.4 Å². The quantitative estimate of drug-likeness (QED) is 0.633. The maximum atomic E-state index is 11.5. The van der Waals surface area contributed by atoms with Crippen molar-refractivity contribution in [3.8, 4) is 5.75 Å². The maximum Gasteiger partial charge on any atom is 0.331 e. The Labute approximate surface area is 141 Å². The smallest absolute Gasteiger partial charge is 0.331 e. The van der Waals surface area contributed by atoms with E-state index in [9.17, 15) is 14.4 Å². The minimum Gasteiger partial charge on any atom is -0.497 e. The Morgan fingerprint density at radius 2 is 1.75 bits per heavy atom. The van der Waals surface area contributed by atoms with E-state index in [1.54, 1.807) is 58.2 Å². The van der Waals surface area contributed by atoms with Crippen LogP contribution in [0.2, 0.25) is 0 Å². The van der Waals surface area contributed by atoms with Gasteiger partial charge in [-0.15, -0.1) is 0 Å². The van der Waals surface area contributed by atoms with Gasteiger partial charge in [0.05, 0.1) is 7.11 Å². The van der Waals surface area contributed by atoms with Crippen LogP contribution in [0.15, 0.2) is 30.3 Å². The Hall–Kier alpha value is -2.83. The highest BCUT2D eigenvalue weighted by molar-refractivity contribution is 5.96. The second-order valence-corrected chi connectivity index (χ2v) is 5.97. The van der Waals surface area contributed by atoms with Gasteiger partial charge in [0.25, 0.3) is 5.91 Å². The number of amides is 3. The highest BCUT2D eigenvalue weighted by Crippen LogP contribution is 2.12. The molecular formula is C17H22N2O5. The van der Waals surface area contributed by atoms with Crippen LogP contribution in [0.3, 0.4) is 0 Å². The molecule has 0 fully saturated rings. The summed E-state index contributed by atoms with van der Waals surface area (Å²) >= 11 is 0. The molecule has 3 amide bonds. The van der Waals surface area contributed by atoms with Crippen molar-refractivity contribution in [1.29, 1.82) is 0 Å². The molecule has 0 spiro atoms. The zero-order valence-electron chi connectivity index (χ0n) is 14.2. The fraction of sp³-hybridized carbons (Fsp3) is 0.353. The van der Waals surface area contributed by atoms with Crippen LogP contribution in [0.4, 0.5) is 4.79 Å². The van der Waals surface area contributed by atoms with E-state index in [-0.39, 0.29) is 0 Å². The molecule has 0 heterocycles. The lowest BCUT2D eigenvalue weighted by atomic mass is 10.1. The van der Waals surface area contributed by atoms with Crippen molar-refractivity contribution in [2.75, 3.05) is 13.7 Å². The number of hydrogen-bond acceptors (Lipinski definition) is 5. The first kappa shape index (κ1) is 19.2. The van der Waals surface area contributed by atoms with E-state index in [1.807, 2.05) is 0 Å². The molecule has 1 rings (SSSR count). The van der Waals surface area contributed by atoms with Crippen molar-refractivity contribution in [1.82, 2.24) is 10.6 Å². The van der Waals surface area contributed by atoms with Gasteiger partial charge in [0.15, 0.2) is 6.61 Å². The minimum absolute atomic E-state index is 0.470. The highest BCUT2D eigenvalue weighted by Gasteiger charge is 2.16. The summed E-state index contributed by atoms with van der Waals surface area (Å²) in [5.74, 6) is -0.680. The summed E-state index contributed by atoms with van der Waals surface area (Å²) in [6.07, 6.45) is 2.75. The van der Waals surface area contributed by atoms with E-state index < -0.39 is 30.1 Å². The van der Waals surface area contributed by atoms with E-state index in [4.69, 9.17) is 9.47 Å². The Morgan fingerprint density at radius 1 is 1.12 bits per heavy atom. The van der Waals surface area contributed by atoms with E-state index in [2.05, 4.69) is 10.6 Å². The van der Waals surface area contributed by atoms with E-state index in [1.165, 1.54) is 6.08 Å². The third-order valence-electron chi connectivity index (χ3n) is 2.61. The largest absolute Gasteiger partial charge is 0.497 e. The van der Waals surface area contributed by atoms with Crippen molar-refractivity contribution in [3.05, 3.63) is 35.9 Å². The van der Waals surface area contributed by atoms with Gasteiger partial charge in [0.2, 0.25) is 0 Å². The zero-order chi connectivity index (χ0) is 18.2. The molecule has 0 aromatic heterocycles. The number of esters is 1. The molecule has 2 N–H and O–H groups in total. The topological polar surface area (TPSA) is 93.7 Å². The Morgan fingerprint density at radius 3 is 2.29 bits per heavy atom. The van der Waals surface area contributed by atoms with Gasteiger partial charge in [0, 0.05) is 11.6 Å². The third kappa shape index (κ3) is 7.98. The van der Waals surface area contributed by atoms with E-state index >= 15 is 0 Å². The van der Waals surface area contributed by atoms with Gasteiger partial charge in [-0.25, -0.2) is 9.59 Å². The third-order valence-corrected chi connectivity index (χ3v) is 2.61. The van der Waals surface area contributed by atoms with Crippen molar-refractivity contribution in [2.45, 2.75) is 26.3 Å². The van der Waals surface area contributed by atoms with Crippen LogP contribution in [-0.4, -0.2) is 37.2 Å². The number of hydrogen-bond donors (Lipinski definition) is 2. The second-order valence-electron chi connectivity index (χ2n) is 5.97. The first-order valence-corrected chi connectivity index (χ1v) is 7.30. The van der Waals surface area contributed by atoms with Crippen LogP contribution in [0.1, 0.15) is 26.3 Å². The van der Waals surface area contributed by atoms with Gasteiger partial charge in [-0.3, -0.25) is 10.1 Å². The van der Waals surface area contributed by atoms with Crippen molar-refractivity contribution in [2.24, 2.45) is 0 Å². The Balaban J connectivity index is 2.38. The average molecular weight is 334 g/mol. The molecule has 1 aromatic rings. The standard InChI is InChI=1S/C17H22N2O5/c1-17(2,3)19-16(22)18-14(20)11-24-15(21)10-7-12-5-8-13(23-4)9-6-12/h5-10H,11H2,1-4H3,(H2,18,19,20,22). The van der Waals surface area contributed by atoms with Crippen molar-refractivity contribution < 1.29 is 23.9 Å². The average Bonchev–Trinajstić information content (AvgIpc) is 2.49. The Kier molecular flexibility index (Phi) is 6.98. The molecule has 0 aliphatic carbocycles. The second kappa shape index (κ2) is 8.71. The summed E-state index contributed by atoms with van der Waals surface area (Å²) in [6.45, 7) is 4.80. The van der Waals surface area contributed by atoms with Gasteiger partial charge < -0.3 is 14.8 Å². The normalized spacial score (nSPS) is 11.0. The molecule has 130 valence electrons. The molecule has 0 unspecified atom stereocenters. The zero-order valence-corrected chi connectivity index (χ0v) is 14.2. The molecule has 24 heavy (non-hydrogen) atoms. The number of benzene rings is 1. The molecule has 7 nitrogen and oxygen atoms in total. The fourth-order valence-electron chi connectivity index (χ4n) is 1.60. The molecule has 1 aromatic carbocycles. The summed E-state index contributed by atoms with van der Waals surface area (Å²) < 4.78 is 9.79. The number of imide groups is 1. The molecule has 0 aliphatic rings. The predicted octanol–water partition coefficient (Wildman–Crippen LogP) is 1.88. The van der Waals surface area contributed by atoms with Gasteiger partial charge in [-0.05, 0) is 44.5 Å². The van der Waals surface area contributed by atoms with Crippen LogP contribution >= 0.6 is 0 Å². The molecule has 0 aliphatic heterocycles. The molecule has 0 saturated heterocycles. The summed E-state index contributed by atoms with van der Waals surface area (Å²) in [6, 6.07) is 6.41. The first-order valence-electron chi connectivity index (χ1n) is 7.30. The number of carbonyl (C=O) groups excluding carboxylic acids is 3. The van der Waals surface area contributed by atoms with Crippen LogP contribution in [0.25, 0.3) is 6.08 Å². The highest BCUT2D eigenvalue weighted by atomic mass is 16.5. The van der Waals surface area contributed by atoms with E-state index in [0.29, 0.717) is 5.75 Å². The number of nitrogens with one attached hydrogen (secondary N) is 2. The fourth-order valence-corrected chi connectivity index (χ4v) is 1.60. The first-order chi connectivity index (χ1) is 11.2. The Bertz CT molecular complexity index is 615. The van der Waals surface area contributed by atoms with Crippen molar-refractivity contribution >= 4 is 24.0 Å². The van der Waals surface area contributed by atoms with Crippen molar-refractivity contribution in [3.63, 3.8) is 0 Å². The lowest BCUT2D eigenvalue weighted by Gasteiger charge is -2.20. The number of methoxy groups -OCH3 is 1. The molecular weight excluding hydrogens is 312 g/mol. The number of urea groups is 1. The predicted molar refractivity (Wildman–Crippen MR) is 89.4 cm³/mol. The summed E-state index contributed by atoms with van der Waals surface area (Å²) in [5.41, 5.74) is 0.309. The molecule has 0 bridgehead atoms. The molecule has 0 atom stereocenters.